The number of aromatic nitrogens is 3. The van der Waals surface area contributed by atoms with E-state index in [0.29, 0.717) is 37.4 Å². The van der Waals surface area contributed by atoms with Crippen LogP contribution < -0.4 is 4.74 Å². The number of esters is 1. The number of thiophene rings is 1. The van der Waals surface area contributed by atoms with Crippen LogP contribution in [0.2, 0.25) is 0 Å². The number of ether oxygens (including phenoxy) is 3. The first-order valence-corrected chi connectivity index (χ1v) is 12.9. The SMILES string of the molecule is COC(=O)C1(c2cc(F)cc(OCc3ccc4c(-c5ccsc5)cc5nncn5c4c3)c2)CCOCC1. The Morgan fingerprint density at radius 3 is 2.81 bits per heavy atom. The number of methoxy groups -OCH3 is 1. The molecule has 5 aromatic rings. The summed E-state index contributed by atoms with van der Waals surface area (Å²) in [5.74, 6) is -0.500. The van der Waals surface area contributed by atoms with Gasteiger partial charge >= 0.3 is 5.97 Å². The minimum Gasteiger partial charge on any atom is -0.489 e. The van der Waals surface area contributed by atoms with E-state index in [0.717, 1.165) is 33.2 Å². The molecule has 9 heteroatoms. The maximum atomic E-state index is 14.7. The molecule has 1 saturated heterocycles. The normalized spacial score (nSPS) is 15.2. The minimum atomic E-state index is -0.950. The molecule has 1 aliphatic heterocycles. The summed E-state index contributed by atoms with van der Waals surface area (Å²) in [6, 6.07) is 14.7. The van der Waals surface area contributed by atoms with E-state index in [9.17, 15) is 9.18 Å². The second-order valence-corrected chi connectivity index (χ2v) is 9.91. The lowest BCUT2D eigenvalue weighted by molar-refractivity contribution is -0.151. The zero-order valence-electron chi connectivity index (χ0n) is 20.1. The van der Waals surface area contributed by atoms with Crippen LogP contribution in [-0.2, 0) is 26.3 Å². The Morgan fingerprint density at radius 1 is 1.16 bits per heavy atom. The quantitative estimate of drug-likeness (QED) is 0.275. The molecule has 0 spiro atoms. The lowest BCUT2D eigenvalue weighted by Gasteiger charge is -2.35. The summed E-state index contributed by atoms with van der Waals surface area (Å²) in [6.07, 6.45) is 2.54. The monoisotopic (exact) mass is 517 g/mol. The van der Waals surface area contributed by atoms with Crippen LogP contribution in [0.25, 0.3) is 27.7 Å². The molecule has 0 saturated carbocycles. The van der Waals surface area contributed by atoms with E-state index in [4.69, 9.17) is 14.2 Å². The van der Waals surface area contributed by atoms with Gasteiger partial charge in [0, 0.05) is 24.7 Å². The van der Waals surface area contributed by atoms with Gasteiger partial charge in [0.15, 0.2) is 5.65 Å². The van der Waals surface area contributed by atoms with E-state index in [2.05, 4.69) is 33.1 Å². The highest BCUT2D eigenvalue weighted by molar-refractivity contribution is 7.08. The van der Waals surface area contributed by atoms with E-state index in [1.165, 1.54) is 19.2 Å². The van der Waals surface area contributed by atoms with Gasteiger partial charge in [-0.15, -0.1) is 10.2 Å². The van der Waals surface area contributed by atoms with Crippen LogP contribution in [0, 0.1) is 5.82 Å². The molecule has 188 valence electrons. The van der Waals surface area contributed by atoms with Gasteiger partial charge in [0.25, 0.3) is 0 Å². The molecule has 0 bridgehead atoms. The minimum absolute atomic E-state index is 0.222. The molecular weight excluding hydrogens is 493 g/mol. The summed E-state index contributed by atoms with van der Waals surface area (Å²) in [4.78, 5) is 12.8. The molecule has 0 atom stereocenters. The maximum Gasteiger partial charge on any atom is 0.316 e. The molecule has 1 aliphatic rings. The van der Waals surface area contributed by atoms with Crippen LogP contribution in [-0.4, -0.2) is 40.9 Å². The van der Waals surface area contributed by atoms with Gasteiger partial charge in [-0.1, -0.05) is 12.1 Å². The number of fused-ring (bicyclic) bond motifs is 3. The summed E-state index contributed by atoms with van der Waals surface area (Å²) < 4.78 is 33.2. The van der Waals surface area contributed by atoms with Crippen LogP contribution in [0.15, 0.2) is 65.6 Å². The Kier molecular flexibility index (Phi) is 6.10. The summed E-state index contributed by atoms with van der Waals surface area (Å²) in [6.45, 7) is 1.03. The highest BCUT2D eigenvalue weighted by atomic mass is 32.1. The lowest BCUT2D eigenvalue weighted by Crippen LogP contribution is -2.42. The fourth-order valence-corrected chi connectivity index (χ4v) is 5.76. The Morgan fingerprint density at radius 2 is 2.03 bits per heavy atom. The van der Waals surface area contributed by atoms with Crippen molar-refractivity contribution in [1.82, 2.24) is 14.6 Å². The number of benzene rings is 2. The van der Waals surface area contributed by atoms with Crippen molar-refractivity contribution in [3.05, 3.63) is 82.6 Å². The Balaban J connectivity index is 1.33. The molecule has 0 amide bonds. The molecule has 0 N–H and O–H groups in total. The number of rotatable bonds is 6. The van der Waals surface area contributed by atoms with Crippen LogP contribution in [0.5, 0.6) is 5.75 Å². The largest absolute Gasteiger partial charge is 0.489 e. The molecular formula is C28H24FN3O4S. The number of pyridine rings is 1. The van der Waals surface area contributed by atoms with Crippen LogP contribution in [0.1, 0.15) is 24.0 Å². The molecule has 2 aromatic carbocycles. The zero-order chi connectivity index (χ0) is 25.4. The maximum absolute atomic E-state index is 14.7. The van der Waals surface area contributed by atoms with E-state index in [1.807, 2.05) is 22.6 Å². The number of carbonyl (C=O) groups excluding carboxylic acids is 1. The Hall–Kier alpha value is -3.82. The molecule has 0 radical (unpaired) electrons. The highest BCUT2D eigenvalue weighted by Gasteiger charge is 2.43. The van der Waals surface area contributed by atoms with Gasteiger partial charge in [-0.2, -0.15) is 11.3 Å². The molecule has 0 aliphatic carbocycles. The number of hydrogen-bond donors (Lipinski definition) is 0. The Bertz CT molecular complexity index is 1590. The van der Waals surface area contributed by atoms with E-state index in [1.54, 1.807) is 23.7 Å². The van der Waals surface area contributed by atoms with E-state index < -0.39 is 11.2 Å². The second-order valence-electron chi connectivity index (χ2n) is 9.13. The van der Waals surface area contributed by atoms with Gasteiger partial charge in [0.2, 0.25) is 0 Å². The Labute approximate surface area is 216 Å². The molecule has 1 fully saturated rings. The fourth-order valence-electron chi connectivity index (χ4n) is 5.10. The number of carbonyl (C=O) groups is 1. The van der Waals surface area contributed by atoms with Gasteiger partial charge in [-0.25, -0.2) is 4.39 Å². The van der Waals surface area contributed by atoms with Gasteiger partial charge in [0.05, 0.1) is 18.0 Å². The summed E-state index contributed by atoms with van der Waals surface area (Å²) in [5.41, 5.74) is 4.43. The molecule has 0 unspecified atom stereocenters. The third-order valence-electron chi connectivity index (χ3n) is 7.04. The van der Waals surface area contributed by atoms with Crippen molar-refractivity contribution in [3.8, 4) is 16.9 Å². The number of nitrogens with zero attached hydrogens (tertiary/aromatic N) is 3. The lowest BCUT2D eigenvalue weighted by atomic mass is 9.74. The molecule has 6 rings (SSSR count). The van der Waals surface area contributed by atoms with Crippen molar-refractivity contribution in [2.24, 2.45) is 0 Å². The van der Waals surface area contributed by atoms with Gasteiger partial charge < -0.3 is 14.2 Å². The van der Waals surface area contributed by atoms with Crippen molar-refractivity contribution in [3.63, 3.8) is 0 Å². The van der Waals surface area contributed by atoms with E-state index in [-0.39, 0.29) is 12.6 Å². The van der Waals surface area contributed by atoms with Crippen molar-refractivity contribution < 1.29 is 23.4 Å². The standard InChI is InChI=1S/C28H24FN3O4S/c1-34-27(33)28(5-7-35-8-6-28)20-11-21(29)13-22(12-20)36-15-18-2-3-23-24(19-4-9-37-16-19)14-26-31-30-17-32(26)25(23)10-18/h2-4,9-14,16-17H,5-8,15H2,1H3. The van der Waals surface area contributed by atoms with Crippen molar-refractivity contribution in [1.29, 1.82) is 0 Å². The third-order valence-corrected chi connectivity index (χ3v) is 7.73. The van der Waals surface area contributed by atoms with Crippen molar-refractivity contribution >= 4 is 33.9 Å². The predicted molar refractivity (Wildman–Crippen MR) is 138 cm³/mol. The first-order chi connectivity index (χ1) is 18.1. The summed E-state index contributed by atoms with van der Waals surface area (Å²) in [5, 5.41) is 13.6. The number of halogens is 1. The average molecular weight is 518 g/mol. The zero-order valence-corrected chi connectivity index (χ0v) is 21.0. The van der Waals surface area contributed by atoms with Gasteiger partial charge in [-0.3, -0.25) is 9.20 Å². The van der Waals surface area contributed by atoms with Crippen molar-refractivity contribution in [2.45, 2.75) is 24.9 Å². The molecule has 3 aromatic heterocycles. The summed E-state index contributed by atoms with van der Waals surface area (Å²) >= 11 is 1.65. The number of hydrogen-bond acceptors (Lipinski definition) is 7. The first kappa shape index (κ1) is 23.6. The van der Waals surface area contributed by atoms with Crippen molar-refractivity contribution in [2.75, 3.05) is 20.3 Å². The fraction of sp³-hybridized carbons (Fsp3) is 0.250. The third kappa shape index (κ3) is 4.24. The van der Waals surface area contributed by atoms with Crippen LogP contribution >= 0.6 is 11.3 Å². The van der Waals surface area contributed by atoms with Crippen LogP contribution in [0.3, 0.4) is 0 Å². The molecule has 37 heavy (non-hydrogen) atoms. The summed E-state index contributed by atoms with van der Waals surface area (Å²) in [7, 11) is 1.35. The molecule has 4 heterocycles. The second kappa shape index (κ2) is 9.57. The predicted octanol–water partition coefficient (Wildman–Crippen LogP) is 5.55. The molecule has 7 nitrogen and oxygen atoms in total. The highest BCUT2D eigenvalue weighted by Crippen LogP contribution is 2.38. The van der Waals surface area contributed by atoms with Gasteiger partial charge in [0.1, 0.15) is 24.5 Å². The van der Waals surface area contributed by atoms with E-state index >= 15 is 0 Å². The topological polar surface area (TPSA) is 75.0 Å². The van der Waals surface area contributed by atoms with Gasteiger partial charge in [-0.05, 0) is 76.2 Å². The van der Waals surface area contributed by atoms with Crippen LogP contribution in [0.4, 0.5) is 4.39 Å². The average Bonchev–Trinajstić information content (AvgIpc) is 3.63. The first-order valence-electron chi connectivity index (χ1n) is 12.0. The smallest absolute Gasteiger partial charge is 0.316 e.